The van der Waals surface area contributed by atoms with Crippen molar-refractivity contribution < 1.29 is 80.0 Å². The maximum Gasteiger partial charge on any atom is 0.460 e. The lowest BCUT2D eigenvalue weighted by atomic mass is 9.91. The van der Waals surface area contributed by atoms with Gasteiger partial charge in [0, 0.05) is 12.8 Å². The molecule has 1 aliphatic heterocycles. The van der Waals surface area contributed by atoms with E-state index in [2.05, 4.69) is 9.78 Å². The van der Waals surface area contributed by atoms with E-state index in [0.29, 0.717) is 0 Å². The summed E-state index contributed by atoms with van der Waals surface area (Å²) in [6, 6.07) is 0. The van der Waals surface area contributed by atoms with Crippen LogP contribution < -0.4 is 0 Å². The first-order valence-electron chi connectivity index (χ1n) is 6.31. The highest BCUT2D eigenvalue weighted by Gasteiger charge is 2.90. The van der Waals surface area contributed by atoms with Gasteiger partial charge >= 0.3 is 47.8 Å². The minimum Gasteiger partial charge on any atom is -0.200 e. The van der Waals surface area contributed by atoms with Crippen LogP contribution in [0.4, 0.5) is 70.2 Å². The van der Waals surface area contributed by atoms with E-state index in [0.717, 1.165) is 0 Å². The van der Waals surface area contributed by atoms with Crippen molar-refractivity contribution in [2.75, 3.05) is 0 Å². The average molecular weight is 460 g/mol. The molecule has 0 amide bonds. The lowest BCUT2D eigenvalue weighted by Gasteiger charge is -2.39. The Bertz CT molecular complexity index is 583. The first-order valence-corrected chi connectivity index (χ1v) is 6.31. The Morgan fingerprint density at radius 2 is 0.857 bits per heavy atom. The molecule has 18 heteroatoms. The quantitative estimate of drug-likeness (QED) is 0.276. The molecule has 0 N–H and O–H groups in total. The summed E-state index contributed by atoms with van der Waals surface area (Å²) in [4.78, 5) is 6.43. The van der Waals surface area contributed by atoms with E-state index in [9.17, 15) is 70.2 Å². The molecule has 28 heavy (non-hydrogen) atoms. The summed E-state index contributed by atoms with van der Waals surface area (Å²) in [5, 5.41) is 0. The highest BCUT2D eigenvalue weighted by atomic mass is 19.4. The molecular weight excluding hydrogens is 456 g/mol. The first-order chi connectivity index (χ1) is 11.9. The second-order valence-electron chi connectivity index (χ2n) is 5.42. The zero-order valence-electron chi connectivity index (χ0n) is 12.3. The van der Waals surface area contributed by atoms with E-state index in [4.69, 9.17) is 0 Å². The Kier molecular flexibility index (Phi) is 5.45. The molecule has 0 aliphatic carbocycles. The predicted molar refractivity (Wildman–Crippen MR) is 51.0 cm³/mol. The topological polar surface area (TPSA) is 25.1 Å². The van der Waals surface area contributed by atoms with Crippen LogP contribution in [0.15, 0.2) is 0 Å². The molecule has 0 aromatic carbocycles. The molecular formula is C10H4F16O2. The van der Waals surface area contributed by atoms with Crippen LogP contribution in [0, 0.1) is 0 Å². The van der Waals surface area contributed by atoms with Crippen LogP contribution >= 0.6 is 0 Å². The summed E-state index contributed by atoms with van der Waals surface area (Å²) < 4.78 is 203. The van der Waals surface area contributed by atoms with Gasteiger partial charge in [-0.15, -0.1) is 0 Å². The summed E-state index contributed by atoms with van der Waals surface area (Å²) >= 11 is 0. The highest BCUT2D eigenvalue weighted by molar-refractivity contribution is 5.10. The minimum absolute atomic E-state index is 2.41. The van der Waals surface area contributed by atoms with Crippen molar-refractivity contribution >= 4 is 0 Å². The van der Waals surface area contributed by atoms with Crippen molar-refractivity contribution in [1.82, 2.24) is 0 Å². The van der Waals surface area contributed by atoms with Crippen LogP contribution in [0.3, 0.4) is 0 Å². The van der Waals surface area contributed by atoms with Gasteiger partial charge in [-0.05, 0) is 0 Å². The normalized spacial score (nSPS) is 19.7. The molecule has 0 aromatic rings. The molecule has 0 atom stereocenters. The second kappa shape index (κ2) is 6.15. The maximum atomic E-state index is 13.3. The molecule has 1 heterocycles. The zero-order chi connectivity index (χ0) is 22.8. The monoisotopic (exact) mass is 460 g/mol. The third kappa shape index (κ3) is 3.35. The molecule has 1 fully saturated rings. The van der Waals surface area contributed by atoms with E-state index in [1.807, 2.05) is 0 Å². The lowest BCUT2D eigenvalue weighted by molar-refractivity contribution is -0.440. The zero-order valence-corrected chi connectivity index (χ0v) is 12.3. The molecule has 1 saturated heterocycles. The van der Waals surface area contributed by atoms with Crippen molar-refractivity contribution in [3.05, 3.63) is 0 Å². The lowest BCUT2D eigenvalue weighted by Crippen LogP contribution is -2.70. The van der Waals surface area contributed by atoms with Gasteiger partial charge in [0.1, 0.15) is 0 Å². The van der Waals surface area contributed by atoms with Gasteiger partial charge in [0.15, 0.2) is 0 Å². The van der Waals surface area contributed by atoms with Crippen LogP contribution in [0.1, 0.15) is 12.8 Å². The third-order valence-corrected chi connectivity index (χ3v) is 3.48. The first kappa shape index (κ1) is 24.8. The average Bonchev–Trinajstić information content (AvgIpc) is 3.24. The summed E-state index contributed by atoms with van der Waals surface area (Å²) in [6.07, 6.45) is -18.7. The van der Waals surface area contributed by atoms with Crippen molar-refractivity contribution in [2.24, 2.45) is 0 Å². The number of hydrogen-bond donors (Lipinski definition) is 0. The van der Waals surface area contributed by atoms with Gasteiger partial charge in [-0.2, -0.15) is 80.0 Å². The molecule has 168 valence electrons. The summed E-state index contributed by atoms with van der Waals surface area (Å²) in [7, 11) is 0. The number of rotatable bonds is 7. The Morgan fingerprint density at radius 3 is 1.14 bits per heavy atom. The van der Waals surface area contributed by atoms with Gasteiger partial charge in [0.25, 0.3) is 0 Å². The Balaban J connectivity index is 3.23. The predicted octanol–water partition coefficient (Wildman–Crippen LogP) is 5.73. The molecule has 0 saturated carbocycles. The van der Waals surface area contributed by atoms with E-state index in [1.165, 1.54) is 0 Å². The largest absolute Gasteiger partial charge is 0.460 e. The van der Waals surface area contributed by atoms with Gasteiger partial charge < -0.3 is 0 Å². The fourth-order valence-electron chi connectivity index (χ4n) is 1.65. The van der Waals surface area contributed by atoms with Gasteiger partial charge in [-0.1, -0.05) is 0 Å². The van der Waals surface area contributed by atoms with Gasteiger partial charge in [0.05, 0.1) is 0 Å². The fourth-order valence-corrected chi connectivity index (χ4v) is 1.65. The fraction of sp³-hybridized carbons (Fsp3) is 1.00. The van der Waals surface area contributed by atoms with E-state index < -0.39 is 60.6 Å². The third-order valence-electron chi connectivity index (χ3n) is 3.48. The second-order valence-corrected chi connectivity index (χ2v) is 5.42. The van der Waals surface area contributed by atoms with Crippen molar-refractivity contribution in [1.29, 1.82) is 0 Å². The Morgan fingerprint density at radius 1 is 0.500 bits per heavy atom. The minimum atomic E-state index is -8.11. The van der Waals surface area contributed by atoms with Crippen LogP contribution in [0.25, 0.3) is 0 Å². The molecule has 1 rings (SSSR count). The number of halogens is 16. The van der Waals surface area contributed by atoms with E-state index in [-0.39, 0.29) is 0 Å². The van der Waals surface area contributed by atoms with Gasteiger partial charge in [-0.25, -0.2) is 0 Å². The summed E-state index contributed by atoms with van der Waals surface area (Å²) in [5.41, 5.74) is 0. The molecule has 0 spiro atoms. The van der Waals surface area contributed by atoms with Crippen LogP contribution in [0.2, 0.25) is 0 Å². The van der Waals surface area contributed by atoms with Crippen LogP contribution in [-0.2, 0) is 9.78 Å². The van der Waals surface area contributed by atoms with Crippen molar-refractivity contribution in [3.8, 4) is 0 Å². The number of alkyl halides is 16. The SMILES string of the molecule is FC(F)(F)C1(CCC(F)(F)C(F)(F)C(F)(F)C(F)(F)C(F)(F)C(F)(F)F)OO1. The molecule has 2 nitrogen and oxygen atoms in total. The summed E-state index contributed by atoms with van der Waals surface area (Å²) in [6.45, 7) is 0. The van der Waals surface area contributed by atoms with Crippen molar-refractivity contribution in [2.45, 2.75) is 60.6 Å². The van der Waals surface area contributed by atoms with E-state index in [1.54, 1.807) is 0 Å². The maximum absolute atomic E-state index is 13.3. The van der Waals surface area contributed by atoms with E-state index >= 15 is 0 Å². The van der Waals surface area contributed by atoms with Crippen LogP contribution in [0.5, 0.6) is 0 Å². The van der Waals surface area contributed by atoms with Crippen LogP contribution in [-0.4, -0.2) is 47.8 Å². The van der Waals surface area contributed by atoms with Crippen molar-refractivity contribution in [3.63, 3.8) is 0 Å². The molecule has 0 bridgehead atoms. The standard InChI is InChI=1S/C10H4F16O2/c11-3(12,1-2-4(27-28-4)9(21,22)23)5(13,14)6(15,16)7(17,18)8(19,20)10(24,25)26/h1-2H2. The molecule has 1 aliphatic rings. The molecule has 0 aromatic heterocycles. The highest BCUT2D eigenvalue weighted by Crippen LogP contribution is 2.61. The summed E-state index contributed by atoms with van der Waals surface area (Å²) in [5.74, 6) is -42.3. The van der Waals surface area contributed by atoms with Gasteiger partial charge in [0.2, 0.25) is 0 Å². The van der Waals surface area contributed by atoms with Gasteiger partial charge in [-0.3, -0.25) is 0 Å². The molecule has 0 radical (unpaired) electrons. The Hall–Kier alpha value is -1.20. The smallest absolute Gasteiger partial charge is 0.200 e. The Labute approximate surface area is 142 Å². The number of hydrogen-bond acceptors (Lipinski definition) is 2. The molecule has 0 unspecified atom stereocenters.